The number of likely N-dealkylation sites (tertiary alicyclic amines) is 1. The van der Waals surface area contributed by atoms with Gasteiger partial charge in [-0.3, -0.25) is 4.79 Å². The summed E-state index contributed by atoms with van der Waals surface area (Å²) >= 11 is 0. The van der Waals surface area contributed by atoms with Gasteiger partial charge < -0.3 is 10.0 Å². The van der Waals surface area contributed by atoms with Crippen molar-refractivity contribution in [3.63, 3.8) is 0 Å². The average molecular weight is 253 g/mol. The van der Waals surface area contributed by atoms with Crippen LogP contribution in [0.2, 0.25) is 0 Å². The molecule has 1 amide bonds. The molecule has 18 heavy (non-hydrogen) atoms. The Bertz CT molecular complexity index is 394. The number of hydrogen-bond donors (Lipinski definition) is 1. The monoisotopic (exact) mass is 253 g/mol. The smallest absolute Gasteiger partial charge is 0.326 e. The van der Waals surface area contributed by atoms with Crippen LogP contribution in [0.15, 0.2) is 0 Å². The Hall–Kier alpha value is -1.06. The molecular formula is C14H23NO3. The third-order valence-electron chi connectivity index (χ3n) is 4.46. The zero-order valence-corrected chi connectivity index (χ0v) is 11.9. The second-order valence-electron chi connectivity index (χ2n) is 7.52. The van der Waals surface area contributed by atoms with Crippen LogP contribution in [0, 0.1) is 22.7 Å². The first kappa shape index (κ1) is 13.4. The quantitative estimate of drug-likeness (QED) is 0.818. The van der Waals surface area contributed by atoms with E-state index >= 15 is 0 Å². The van der Waals surface area contributed by atoms with Crippen molar-refractivity contribution in [2.45, 2.75) is 47.1 Å². The van der Waals surface area contributed by atoms with Gasteiger partial charge in [-0.25, -0.2) is 4.79 Å². The van der Waals surface area contributed by atoms with Gasteiger partial charge in [-0.05, 0) is 16.7 Å². The number of nitrogens with zero attached hydrogens (tertiary/aromatic N) is 1. The molecule has 2 fully saturated rings. The van der Waals surface area contributed by atoms with E-state index in [9.17, 15) is 14.7 Å². The minimum absolute atomic E-state index is 0.0158. The Balaban J connectivity index is 2.12. The van der Waals surface area contributed by atoms with E-state index in [2.05, 4.69) is 13.8 Å². The summed E-state index contributed by atoms with van der Waals surface area (Å²) in [6.45, 7) is 10.8. The number of piperidine rings is 1. The molecular weight excluding hydrogens is 230 g/mol. The van der Waals surface area contributed by atoms with E-state index < -0.39 is 12.0 Å². The Morgan fingerprint density at radius 2 is 1.89 bits per heavy atom. The second-order valence-corrected chi connectivity index (χ2v) is 7.52. The molecule has 2 rings (SSSR count). The van der Waals surface area contributed by atoms with Gasteiger partial charge in [0.1, 0.15) is 6.04 Å². The number of carbonyl (C=O) groups is 2. The maximum absolute atomic E-state index is 12.2. The molecule has 0 radical (unpaired) electrons. The third-order valence-corrected chi connectivity index (χ3v) is 4.46. The van der Waals surface area contributed by atoms with Gasteiger partial charge in [0.05, 0.1) is 0 Å². The highest BCUT2D eigenvalue weighted by Gasteiger charge is 2.69. The Kier molecular flexibility index (Phi) is 2.76. The summed E-state index contributed by atoms with van der Waals surface area (Å²) in [6.07, 6.45) is 0.413. The van der Waals surface area contributed by atoms with E-state index in [1.165, 1.54) is 0 Å². The molecule has 1 saturated heterocycles. The maximum atomic E-state index is 12.2. The minimum atomic E-state index is -0.852. The topological polar surface area (TPSA) is 57.6 Å². The lowest BCUT2D eigenvalue weighted by molar-refractivity contribution is -0.151. The maximum Gasteiger partial charge on any atom is 0.326 e. The van der Waals surface area contributed by atoms with Gasteiger partial charge in [-0.15, -0.1) is 0 Å². The van der Waals surface area contributed by atoms with E-state index in [1.54, 1.807) is 4.90 Å². The summed E-state index contributed by atoms with van der Waals surface area (Å²) in [5.74, 6) is -0.366. The molecule has 1 aliphatic heterocycles. The van der Waals surface area contributed by atoms with E-state index in [0.29, 0.717) is 18.9 Å². The number of carboxylic acids is 1. The molecule has 4 nitrogen and oxygen atoms in total. The Morgan fingerprint density at radius 3 is 2.33 bits per heavy atom. The molecule has 0 aromatic heterocycles. The summed E-state index contributed by atoms with van der Waals surface area (Å²) in [7, 11) is 0. The number of carbonyl (C=O) groups excluding carboxylic acids is 1. The van der Waals surface area contributed by atoms with Gasteiger partial charge in [0.15, 0.2) is 0 Å². The van der Waals surface area contributed by atoms with Gasteiger partial charge in [0, 0.05) is 18.9 Å². The fourth-order valence-corrected chi connectivity index (χ4v) is 3.38. The lowest BCUT2D eigenvalue weighted by Gasteiger charge is -2.30. The van der Waals surface area contributed by atoms with Crippen LogP contribution in [0.3, 0.4) is 0 Å². The number of carboxylic acid groups (broad SMARTS) is 1. The molecule has 0 bridgehead atoms. The molecule has 102 valence electrons. The zero-order chi connectivity index (χ0) is 13.9. The lowest BCUT2D eigenvalue weighted by Crippen LogP contribution is -2.46. The fraction of sp³-hybridized carbons (Fsp3) is 0.857. The molecule has 0 aromatic rings. The molecule has 3 atom stereocenters. The molecule has 1 N–H and O–H groups in total. The van der Waals surface area contributed by atoms with E-state index in [1.807, 2.05) is 20.8 Å². The average Bonchev–Trinajstić information content (AvgIpc) is 2.59. The molecule has 0 unspecified atom stereocenters. The van der Waals surface area contributed by atoms with Crippen LogP contribution in [0.4, 0.5) is 0 Å². The largest absolute Gasteiger partial charge is 0.480 e. The molecule has 4 heteroatoms. The number of fused-ring (bicyclic) bond motifs is 1. The van der Waals surface area contributed by atoms with Gasteiger partial charge in [-0.1, -0.05) is 34.6 Å². The van der Waals surface area contributed by atoms with Gasteiger partial charge in [-0.2, -0.15) is 0 Å². The predicted octanol–water partition coefficient (Wildman–Crippen LogP) is 1.99. The summed E-state index contributed by atoms with van der Waals surface area (Å²) in [5.41, 5.74) is -0.00992. The van der Waals surface area contributed by atoms with E-state index in [0.717, 1.165) is 0 Å². The van der Waals surface area contributed by atoms with Crippen LogP contribution in [0.1, 0.15) is 41.0 Å². The standard InChI is InChI=1S/C14H23NO3/c1-13(2,3)6-9(16)15-7-8-10(14(8,4)5)11(15)12(17)18/h8,10-11H,6-7H2,1-5H3,(H,17,18)/t8-,10-,11-/m0/s1. The summed E-state index contributed by atoms with van der Waals surface area (Å²) < 4.78 is 0. The number of amides is 1. The van der Waals surface area contributed by atoms with Crippen LogP contribution >= 0.6 is 0 Å². The zero-order valence-electron chi connectivity index (χ0n) is 11.9. The summed E-state index contributed by atoms with van der Waals surface area (Å²) in [5, 5.41) is 9.37. The Morgan fingerprint density at radius 1 is 1.33 bits per heavy atom. The van der Waals surface area contributed by atoms with Crippen molar-refractivity contribution in [3.8, 4) is 0 Å². The molecule has 0 spiro atoms. The van der Waals surface area contributed by atoms with Crippen LogP contribution in [0.5, 0.6) is 0 Å². The van der Waals surface area contributed by atoms with Crippen molar-refractivity contribution < 1.29 is 14.7 Å². The highest BCUT2D eigenvalue weighted by Crippen LogP contribution is 2.64. The predicted molar refractivity (Wildman–Crippen MR) is 68.0 cm³/mol. The highest BCUT2D eigenvalue weighted by molar-refractivity contribution is 5.86. The van der Waals surface area contributed by atoms with Crippen molar-refractivity contribution in [1.29, 1.82) is 0 Å². The van der Waals surface area contributed by atoms with Crippen LogP contribution < -0.4 is 0 Å². The van der Waals surface area contributed by atoms with Crippen molar-refractivity contribution in [2.24, 2.45) is 22.7 Å². The second kappa shape index (κ2) is 3.72. The summed E-state index contributed by atoms with van der Waals surface area (Å²) in [6, 6.07) is -0.611. The number of rotatable bonds is 2. The van der Waals surface area contributed by atoms with Crippen LogP contribution in [0.25, 0.3) is 0 Å². The van der Waals surface area contributed by atoms with Crippen molar-refractivity contribution in [2.75, 3.05) is 6.54 Å². The fourth-order valence-electron chi connectivity index (χ4n) is 3.38. The van der Waals surface area contributed by atoms with Crippen molar-refractivity contribution in [3.05, 3.63) is 0 Å². The first-order valence-corrected chi connectivity index (χ1v) is 6.58. The van der Waals surface area contributed by atoms with Gasteiger partial charge >= 0.3 is 5.97 Å². The first-order chi connectivity index (χ1) is 8.05. The highest BCUT2D eigenvalue weighted by atomic mass is 16.4. The summed E-state index contributed by atoms with van der Waals surface area (Å²) in [4.78, 5) is 25.2. The third kappa shape index (κ3) is 2.02. The minimum Gasteiger partial charge on any atom is -0.480 e. The molecule has 0 aromatic carbocycles. The van der Waals surface area contributed by atoms with E-state index in [-0.39, 0.29) is 22.7 Å². The molecule has 2 aliphatic rings. The van der Waals surface area contributed by atoms with Crippen LogP contribution in [-0.4, -0.2) is 34.5 Å². The SMILES string of the molecule is CC(C)(C)CC(=O)N1C[C@H]2[C@@H]([C@H]1C(=O)O)C2(C)C. The first-order valence-electron chi connectivity index (χ1n) is 6.58. The number of aliphatic carboxylic acids is 1. The van der Waals surface area contributed by atoms with Crippen LogP contribution in [-0.2, 0) is 9.59 Å². The van der Waals surface area contributed by atoms with E-state index in [4.69, 9.17) is 0 Å². The normalized spacial score (nSPS) is 33.2. The lowest BCUT2D eigenvalue weighted by atomic mass is 9.91. The van der Waals surface area contributed by atoms with Gasteiger partial charge in [0.25, 0.3) is 0 Å². The van der Waals surface area contributed by atoms with Gasteiger partial charge in [0.2, 0.25) is 5.91 Å². The molecule has 1 heterocycles. The molecule has 1 saturated carbocycles. The molecule has 1 aliphatic carbocycles. The van der Waals surface area contributed by atoms with Crippen molar-refractivity contribution >= 4 is 11.9 Å². The Labute approximate surface area is 108 Å². The van der Waals surface area contributed by atoms with Crippen molar-refractivity contribution in [1.82, 2.24) is 4.90 Å². The number of hydrogen-bond acceptors (Lipinski definition) is 2.